The first-order chi connectivity index (χ1) is 8.22. The summed E-state index contributed by atoms with van der Waals surface area (Å²) in [4.78, 5) is 14.9. The summed E-state index contributed by atoms with van der Waals surface area (Å²) in [6.07, 6.45) is 4.40. The van der Waals surface area contributed by atoms with Crippen LogP contribution in [0.3, 0.4) is 0 Å². The average molecular weight is 239 g/mol. The molecule has 5 nitrogen and oxygen atoms in total. The molecule has 0 aromatic carbocycles. The molecule has 3 aliphatic heterocycles. The van der Waals surface area contributed by atoms with E-state index in [0.29, 0.717) is 19.1 Å². The third kappa shape index (κ3) is 2.26. The van der Waals surface area contributed by atoms with E-state index in [0.717, 1.165) is 25.2 Å². The zero-order valence-corrected chi connectivity index (χ0v) is 10.1. The van der Waals surface area contributed by atoms with Gasteiger partial charge in [0.05, 0.1) is 0 Å². The predicted molar refractivity (Wildman–Crippen MR) is 64.1 cm³/mol. The Kier molecular flexibility index (Phi) is 2.96. The van der Waals surface area contributed by atoms with Gasteiger partial charge in [0, 0.05) is 44.3 Å². The lowest BCUT2D eigenvalue weighted by Gasteiger charge is -2.41. The van der Waals surface area contributed by atoms with Crippen LogP contribution in [0.15, 0.2) is 0 Å². The van der Waals surface area contributed by atoms with E-state index in [9.17, 15) is 4.79 Å². The maximum absolute atomic E-state index is 10.8. The van der Waals surface area contributed by atoms with Crippen LogP contribution < -0.4 is 5.32 Å². The number of nitrogens with one attached hydrogen (secondary N) is 1. The van der Waals surface area contributed by atoms with E-state index in [2.05, 4.69) is 10.2 Å². The molecule has 2 atom stereocenters. The number of nitrogens with zero attached hydrogens (tertiary/aromatic N) is 2. The van der Waals surface area contributed by atoms with Gasteiger partial charge in [0.25, 0.3) is 0 Å². The summed E-state index contributed by atoms with van der Waals surface area (Å²) in [6, 6.07) is 2.12. The van der Waals surface area contributed by atoms with Gasteiger partial charge < -0.3 is 15.3 Å². The summed E-state index contributed by atoms with van der Waals surface area (Å²) in [7, 11) is 0. The van der Waals surface area contributed by atoms with Gasteiger partial charge in [0.1, 0.15) is 0 Å². The molecule has 0 aromatic heterocycles. The first-order valence-corrected chi connectivity index (χ1v) is 6.70. The van der Waals surface area contributed by atoms with Crippen LogP contribution in [-0.4, -0.2) is 65.3 Å². The number of carbonyl (C=O) groups is 1. The Morgan fingerprint density at radius 2 is 1.65 bits per heavy atom. The first kappa shape index (κ1) is 11.3. The van der Waals surface area contributed by atoms with Crippen LogP contribution in [0, 0.1) is 0 Å². The smallest absolute Gasteiger partial charge is 0.407 e. The van der Waals surface area contributed by atoms with E-state index >= 15 is 0 Å². The summed E-state index contributed by atoms with van der Waals surface area (Å²) in [5.74, 6) is 0. The molecule has 0 aliphatic carbocycles. The summed E-state index contributed by atoms with van der Waals surface area (Å²) < 4.78 is 0. The second kappa shape index (κ2) is 4.46. The number of hydrogen-bond acceptors (Lipinski definition) is 3. The fourth-order valence-corrected chi connectivity index (χ4v) is 3.60. The molecule has 2 bridgehead atoms. The van der Waals surface area contributed by atoms with Crippen LogP contribution in [-0.2, 0) is 0 Å². The summed E-state index contributed by atoms with van der Waals surface area (Å²) in [5.41, 5.74) is 0. The van der Waals surface area contributed by atoms with E-state index in [1.807, 2.05) is 0 Å². The van der Waals surface area contributed by atoms with Crippen molar-refractivity contribution in [2.24, 2.45) is 0 Å². The second-order valence-corrected chi connectivity index (χ2v) is 5.57. The van der Waals surface area contributed by atoms with Crippen LogP contribution in [0.25, 0.3) is 0 Å². The fraction of sp³-hybridized carbons (Fsp3) is 0.917. The number of hydrogen-bond donors (Lipinski definition) is 2. The Hall–Kier alpha value is -0.810. The lowest BCUT2D eigenvalue weighted by Crippen LogP contribution is -2.55. The Bertz CT molecular complexity index is 290. The molecule has 3 fully saturated rings. The molecule has 0 saturated carbocycles. The van der Waals surface area contributed by atoms with Crippen molar-refractivity contribution in [1.82, 2.24) is 15.1 Å². The molecule has 2 unspecified atom stereocenters. The minimum absolute atomic E-state index is 0.675. The van der Waals surface area contributed by atoms with Gasteiger partial charge in [-0.1, -0.05) is 0 Å². The van der Waals surface area contributed by atoms with Crippen molar-refractivity contribution in [2.75, 3.05) is 26.2 Å². The number of carboxylic acid groups (broad SMARTS) is 1. The van der Waals surface area contributed by atoms with Crippen LogP contribution in [0.4, 0.5) is 4.79 Å². The Balaban J connectivity index is 1.54. The monoisotopic (exact) mass is 239 g/mol. The van der Waals surface area contributed by atoms with E-state index in [4.69, 9.17) is 5.11 Å². The molecule has 1 amide bonds. The van der Waals surface area contributed by atoms with Crippen LogP contribution in [0.5, 0.6) is 0 Å². The fourth-order valence-electron chi connectivity index (χ4n) is 3.60. The van der Waals surface area contributed by atoms with Gasteiger partial charge in [-0.15, -0.1) is 0 Å². The van der Waals surface area contributed by atoms with E-state index in [1.165, 1.54) is 30.6 Å². The van der Waals surface area contributed by atoms with Gasteiger partial charge >= 0.3 is 6.09 Å². The Morgan fingerprint density at radius 3 is 2.18 bits per heavy atom. The minimum atomic E-state index is -0.768. The normalized spacial score (nSPS) is 38.4. The van der Waals surface area contributed by atoms with Crippen LogP contribution >= 0.6 is 0 Å². The van der Waals surface area contributed by atoms with Crippen molar-refractivity contribution >= 4 is 6.09 Å². The van der Waals surface area contributed by atoms with Crippen molar-refractivity contribution in [3.63, 3.8) is 0 Å². The van der Waals surface area contributed by atoms with E-state index in [1.54, 1.807) is 0 Å². The SMILES string of the molecule is O=C(O)N1CCN(C2CC3CCC(C2)N3)CC1. The number of rotatable bonds is 1. The molecular weight excluding hydrogens is 218 g/mol. The third-order valence-electron chi connectivity index (χ3n) is 4.55. The number of piperidine rings is 1. The largest absolute Gasteiger partial charge is 0.465 e. The summed E-state index contributed by atoms with van der Waals surface area (Å²) in [5, 5.41) is 12.6. The molecule has 96 valence electrons. The number of piperazine rings is 1. The number of amides is 1. The average Bonchev–Trinajstić information content (AvgIpc) is 2.68. The van der Waals surface area contributed by atoms with Crippen LogP contribution in [0.1, 0.15) is 25.7 Å². The van der Waals surface area contributed by atoms with Crippen molar-refractivity contribution in [1.29, 1.82) is 0 Å². The molecule has 5 heteroatoms. The van der Waals surface area contributed by atoms with Gasteiger partial charge in [-0.25, -0.2) is 4.79 Å². The van der Waals surface area contributed by atoms with Crippen LogP contribution in [0.2, 0.25) is 0 Å². The zero-order chi connectivity index (χ0) is 11.8. The maximum Gasteiger partial charge on any atom is 0.407 e. The first-order valence-electron chi connectivity index (χ1n) is 6.70. The lowest BCUT2D eigenvalue weighted by molar-refractivity contribution is 0.0684. The highest BCUT2D eigenvalue weighted by Crippen LogP contribution is 2.30. The number of fused-ring (bicyclic) bond motifs is 2. The van der Waals surface area contributed by atoms with E-state index < -0.39 is 6.09 Å². The quantitative estimate of drug-likeness (QED) is 0.702. The lowest BCUT2D eigenvalue weighted by atomic mass is 9.97. The highest BCUT2D eigenvalue weighted by atomic mass is 16.4. The molecule has 0 radical (unpaired) electrons. The second-order valence-electron chi connectivity index (χ2n) is 5.57. The molecule has 3 heterocycles. The molecule has 17 heavy (non-hydrogen) atoms. The molecule has 0 aromatic rings. The van der Waals surface area contributed by atoms with Crippen molar-refractivity contribution in [3.8, 4) is 0 Å². The van der Waals surface area contributed by atoms with Crippen molar-refractivity contribution in [2.45, 2.75) is 43.8 Å². The molecular formula is C12H21N3O2. The Labute approximate surface area is 102 Å². The molecule has 0 spiro atoms. The van der Waals surface area contributed by atoms with Gasteiger partial charge in [0.2, 0.25) is 0 Å². The van der Waals surface area contributed by atoms with Crippen molar-refractivity contribution < 1.29 is 9.90 Å². The maximum atomic E-state index is 10.8. The molecule has 3 rings (SSSR count). The molecule has 3 saturated heterocycles. The van der Waals surface area contributed by atoms with Gasteiger partial charge in [-0.05, 0) is 25.7 Å². The highest BCUT2D eigenvalue weighted by molar-refractivity contribution is 5.65. The Morgan fingerprint density at radius 1 is 1.06 bits per heavy atom. The predicted octanol–water partition coefficient (Wildman–Crippen LogP) is 0.565. The van der Waals surface area contributed by atoms with Gasteiger partial charge in [-0.2, -0.15) is 0 Å². The van der Waals surface area contributed by atoms with Gasteiger partial charge in [-0.3, -0.25) is 4.90 Å². The third-order valence-corrected chi connectivity index (χ3v) is 4.55. The topological polar surface area (TPSA) is 55.8 Å². The van der Waals surface area contributed by atoms with Crippen molar-refractivity contribution in [3.05, 3.63) is 0 Å². The standard InChI is InChI=1S/C12H21N3O2/c16-12(17)15-5-3-14(4-6-15)11-7-9-1-2-10(8-11)13-9/h9-11,13H,1-8H2,(H,16,17). The highest BCUT2D eigenvalue weighted by Gasteiger charge is 2.37. The van der Waals surface area contributed by atoms with E-state index in [-0.39, 0.29) is 0 Å². The zero-order valence-electron chi connectivity index (χ0n) is 10.1. The molecule has 3 aliphatic rings. The summed E-state index contributed by atoms with van der Waals surface area (Å²) in [6.45, 7) is 3.18. The molecule has 2 N–H and O–H groups in total. The summed E-state index contributed by atoms with van der Waals surface area (Å²) >= 11 is 0. The van der Waals surface area contributed by atoms with Gasteiger partial charge in [0.15, 0.2) is 0 Å². The minimum Gasteiger partial charge on any atom is -0.465 e.